The van der Waals surface area contributed by atoms with E-state index in [0.717, 1.165) is 33.2 Å². The molecular weight excluding hydrogens is 198 g/mol. The molecule has 0 spiro atoms. The van der Waals surface area contributed by atoms with Crippen molar-refractivity contribution in [1.82, 2.24) is 4.98 Å². The number of para-hydroxylation sites is 1. The summed E-state index contributed by atoms with van der Waals surface area (Å²) in [5, 5.41) is 2.17. The number of nitrogens with zero attached hydrogens (tertiary/aromatic N) is 1. The van der Waals surface area contributed by atoms with Crippen molar-refractivity contribution >= 4 is 27.5 Å². The molecule has 2 heteroatoms. The average molecular weight is 209 g/mol. The first-order valence-electron chi connectivity index (χ1n) is 5.19. The van der Waals surface area contributed by atoms with Crippen LogP contribution in [0.5, 0.6) is 0 Å². The lowest BCUT2D eigenvalue weighted by Crippen LogP contribution is -1.82. The summed E-state index contributed by atoms with van der Waals surface area (Å²) >= 11 is 0. The predicted molar refractivity (Wildman–Crippen MR) is 66.2 cm³/mol. The molecule has 16 heavy (non-hydrogen) atoms. The van der Waals surface area contributed by atoms with E-state index < -0.39 is 0 Å². The largest absolute Gasteiger partial charge is 0.456 e. The Bertz CT molecular complexity index is 694. The molecule has 0 aliphatic carbocycles. The van der Waals surface area contributed by atoms with Crippen molar-refractivity contribution in [2.45, 2.75) is 6.92 Å². The van der Waals surface area contributed by atoms with Gasteiger partial charge in [0.1, 0.15) is 11.2 Å². The lowest BCUT2D eigenvalue weighted by atomic mass is 10.1. The average Bonchev–Trinajstić information content (AvgIpc) is 2.66. The summed E-state index contributed by atoms with van der Waals surface area (Å²) in [4.78, 5) is 4.37. The molecule has 2 heterocycles. The van der Waals surface area contributed by atoms with Gasteiger partial charge in [-0.15, -0.1) is 0 Å². The van der Waals surface area contributed by atoms with Crippen molar-refractivity contribution in [3.8, 4) is 0 Å². The molecule has 0 bridgehead atoms. The van der Waals surface area contributed by atoms with Gasteiger partial charge in [-0.1, -0.05) is 24.8 Å². The molecule has 0 saturated carbocycles. The highest BCUT2D eigenvalue weighted by Gasteiger charge is 2.07. The third kappa shape index (κ3) is 1.23. The molecular formula is C14H11NO. The van der Waals surface area contributed by atoms with Gasteiger partial charge in [-0.3, -0.25) is 4.98 Å². The van der Waals surface area contributed by atoms with Crippen LogP contribution in [0, 0.1) is 0 Å². The van der Waals surface area contributed by atoms with E-state index in [2.05, 4.69) is 11.6 Å². The zero-order chi connectivity index (χ0) is 11.1. The summed E-state index contributed by atoms with van der Waals surface area (Å²) in [5.74, 6) is 0. The first-order chi connectivity index (χ1) is 7.75. The van der Waals surface area contributed by atoms with Crippen molar-refractivity contribution in [3.63, 3.8) is 0 Å². The minimum absolute atomic E-state index is 0.870. The van der Waals surface area contributed by atoms with E-state index in [4.69, 9.17) is 4.42 Å². The second kappa shape index (κ2) is 3.20. The van der Waals surface area contributed by atoms with Crippen LogP contribution in [0.4, 0.5) is 0 Å². The number of hydrogen-bond donors (Lipinski definition) is 0. The maximum absolute atomic E-state index is 5.76. The second-order valence-corrected chi connectivity index (χ2v) is 3.94. The monoisotopic (exact) mass is 209 g/mol. The fraction of sp³-hybridized carbons (Fsp3) is 0.0714. The summed E-state index contributed by atoms with van der Waals surface area (Å²) in [5.41, 5.74) is 3.60. The van der Waals surface area contributed by atoms with Gasteiger partial charge in [0, 0.05) is 23.0 Å². The molecule has 0 N–H and O–H groups in total. The fourth-order valence-corrected chi connectivity index (χ4v) is 1.85. The zero-order valence-corrected chi connectivity index (χ0v) is 9.03. The van der Waals surface area contributed by atoms with Crippen molar-refractivity contribution in [1.29, 1.82) is 0 Å². The van der Waals surface area contributed by atoms with Gasteiger partial charge in [-0.05, 0) is 18.6 Å². The van der Waals surface area contributed by atoms with Crippen molar-refractivity contribution in [3.05, 3.63) is 48.8 Å². The number of aromatic nitrogens is 1. The second-order valence-electron chi connectivity index (χ2n) is 3.94. The summed E-state index contributed by atoms with van der Waals surface area (Å²) in [7, 11) is 0. The third-order valence-electron chi connectivity index (χ3n) is 2.70. The third-order valence-corrected chi connectivity index (χ3v) is 2.70. The Kier molecular flexibility index (Phi) is 1.83. The van der Waals surface area contributed by atoms with E-state index in [1.54, 1.807) is 0 Å². The number of furan rings is 1. The smallest absolute Gasteiger partial charge is 0.139 e. The Labute approximate surface area is 93.2 Å². The van der Waals surface area contributed by atoms with Gasteiger partial charge in [-0.25, -0.2) is 0 Å². The predicted octanol–water partition coefficient (Wildman–Crippen LogP) is 4.01. The van der Waals surface area contributed by atoms with Crippen molar-refractivity contribution in [2.75, 3.05) is 0 Å². The molecule has 2 aromatic heterocycles. The van der Waals surface area contributed by atoms with Crippen LogP contribution in [-0.4, -0.2) is 4.98 Å². The number of fused-ring (bicyclic) bond motifs is 3. The molecule has 0 aliphatic rings. The Balaban J connectivity index is 2.41. The Hall–Kier alpha value is -2.09. The van der Waals surface area contributed by atoms with Gasteiger partial charge in [-0.2, -0.15) is 0 Å². The van der Waals surface area contributed by atoms with Crippen molar-refractivity contribution < 1.29 is 4.42 Å². The van der Waals surface area contributed by atoms with E-state index in [0.29, 0.717) is 0 Å². The minimum atomic E-state index is 0.870. The summed E-state index contributed by atoms with van der Waals surface area (Å²) in [6, 6.07) is 9.93. The van der Waals surface area contributed by atoms with Crippen LogP contribution < -0.4 is 0 Å². The van der Waals surface area contributed by atoms with Gasteiger partial charge >= 0.3 is 0 Å². The molecule has 3 aromatic rings. The first kappa shape index (κ1) is 9.16. The normalized spacial score (nSPS) is 11.1. The summed E-state index contributed by atoms with van der Waals surface area (Å²) in [6.07, 6.45) is 1.85. The van der Waals surface area contributed by atoms with E-state index >= 15 is 0 Å². The van der Waals surface area contributed by atoms with E-state index in [9.17, 15) is 0 Å². The topological polar surface area (TPSA) is 26.0 Å². The Morgan fingerprint density at radius 2 is 2.00 bits per heavy atom. The number of benzene rings is 1. The van der Waals surface area contributed by atoms with E-state index in [1.807, 2.05) is 43.5 Å². The molecule has 0 saturated heterocycles. The van der Waals surface area contributed by atoms with Crippen LogP contribution in [0.3, 0.4) is 0 Å². The molecule has 0 aliphatic heterocycles. The van der Waals surface area contributed by atoms with Gasteiger partial charge in [0.25, 0.3) is 0 Å². The number of pyridine rings is 1. The number of rotatable bonds is 1. The molecule has 0 radical (unpaired) electrons. The van der Waals surface area contributed by atoms with Crippen molar-refractivity contribution in [2.24, 2.45) is 0 Å². The van der Waals surface area contributed by atoms with Crippen LogP contribution in [0.2, 0.25) is 0 Å². The summed E-state index contributed by atoms with van der Waals surface area (Å²) in [6.45, 7) is 5.82. The zero-order valence-electron chi connectivity index (χ0n) is 9.03. The molecule has 3 rings (SSSR count). The van der Waals surface area contributed by atoms with Crippen LogP contribution in [0.1, 0.15) is 12.6 Å². The first-order valence-corrected chi connectivity index (χ1v) is 5.19. The molecule has 78 valence electrons. The summed E-state index contributed by atoms with van der Waals surface area (Å²) < 4.78 is 5.76. The Morgan fingerprint density at radius 1 is 1.19 bits per heavy atom. The highest BCUT2D eigenvalue weighted by molar-refractivity contribution is 6.04. The number of allylic oxidation sites excluding steroid dienone is 1. The molecule has 0 unspecified atom stereocenters. The molecule has 0 fully saturated rings. The van der Waals surface area contributed by atoms with Crippen LogP contribution >= 0.6 is 0 Å². The molecule has 1 aromatic carbocycles. The van der Waals surface area contributed by atoms with Crippen LogP contribution in [0.25, 0.3) is 27.5 Å². The van der Waals surface area contributed by atoms with Gasteiger partial charge < -0.3 is 4.42 Å². The lowest BCUT2D eigenvalue weighted by Gasteiger charge is -1.96. The van der Waals surface area contributed by atoms with Gasteiger partial charge in [0.05, 0.1) is 5.69 Å². The maximum Gasteiger partial charge on any atom is 0.139 e. The highest BCUT2D eigenvalue weighted by atomic mass is 16.3. The number of hydrogen-bond acceptors (Lipinski definition) is 2. The van der Waals surface area contributed by atoms with Gasteiger partial charge in [0.15, 0.2) is 0 Å². The van der Waals surface area contributed by atoms with Gasteiger partial charge in [0.2, 0.25) is 0 Å². The standard InChI is InChI=1S/C14H11NO/c1-9(2)12-7-14-11(8-15-12)10-5-3-4-6-13(10)16-14/h3-8H,1H2,2H3. The maximum atomic E-state index is 5.76. The Morgan fingerprint density at radius 3 is 2.81 bits per heavy atom. The quantitative estimate of drug-likeness (QED) is 0.605. The molecule has 0 amide bonds. The van der Waals surface area contributed by atoms with E-state index in [-0.39, 0.29) is 0 Å². The van der Waals surface area contributed by atoms with Crippen LogP contribution in [-0.2, 0) is 0 Å². The molecule has 2 nitrogen and oxygen atoms in total. The minimum Gasteiger partial charge on any atom is -0.456 e. The van der Waals surface area contributed by atoms with E-state index in [1.165, 1.54) is 0 Å². The van der Waals surface area contributed by atoms with Crippen LogP contribution in [0.15, 0.2) is 47.5 Å². The fourth-order valence-electron chi connectivity index (χ4n) is 1.85. The molecule has 0 atom stereocenters. The highest BCUT2D eigenvalue weighted by Crippen LogP contribution is 2.28. The SMILES string of the molecule is C=C(C)c1cc2oc3ccccc3c2cn1. The lowest BCUT2D eigenvalue weighted by molar-refractivity contribution is 0.668.